The number of hydrogen-bond donors (Lipinski definition) is 2. The standard InChI is InChI=1S/C12H21N3O3/c1-14(9-4-2-3-5-10(9)16)6-7-15-11(17)8-13-12(15)18/h9-10,16H,2-8H2,1H3,(H,13,18). The molecule has 2 rings (SSSR count). The third-order valence-corrected chi connectivity index (χ3v) is 3.87. The van der Waals surface area contributed by atoms with Crippen molar-refractivity contribution in [2.24, 2.45) is 0 Å². The Labute approximate surface area is 107 Å². The molecule has 1 saturated carbocycles. The Kier molecular flexibility index (Phi) is 4.19. The van der Waals surface area contributed by atoms with Crippen LogP contribution in [0, 0.1) is 0 Å². The lowest BCUT2D eigenvalue weighted by Gasteiger charge is -2.35. The molecule has 6 heteroatoms. The van der Waals surface area contributed by atoms with Gasteiger partial charge in [0.25, 0.3) is 0 Å². The molecule has 2 aliphatic rings. The van der Waals surface area contributed by atoms with Crippen molar-refractivity contribution in [3.05, 3.63) is 0 Å². The minimum Gasteiger partial charge on any atom is -0.391 e. The number of likely N-dealkylation sites (N-methyl/N-ethyl adjacent to an activating group) is 1. The Morgan fingerprint density at radius 3 is 2.72 bits per heavy atom. The molecule has 0 aromatic carbocycles. The smallest absolute Gasteiger partial charge is 0.324 e. The van der Waals surface area contributed by atoms with Gasteiger partial charge in [-0.1, -0.05) is 12.8 Å². The summed E-state index contributed by atoms with van der Waals surface area (Å²) in [5, 5.41) is 12.4. The first-order valence-corrected chi connectivity index (χ1v) is 6.56. The van der Waals surface area contributed by atoms with Crippen LogP contribution >= 0.6 is 0 Å². The van der Waals surface area contributed by atoms with E-state index in [1.54, 1.807) is 0 Å². The molecule has 2 fully saturated rings. The quantitative estimate of drug-likeness (QED) is 0.681. The predicted octanol–water partition coefficient (Wildman–Crippen LogP) is -0.226. The third kappa shape index (κ3) is 2.81. The minimum atomic E-state index is -0.308. The molecular weight excluding hydrogens is 234 g/mol. The van der Waals surface area contributed by atoms with Gasteiger partial charge >= 0.3 is 6.03 Å². The Bertz CT molecular complexity index is 319. The van der Waals surface area contributed by atoms with Gasteiger partial charge in [0, 0.05) is 19.1 Å². The lowest BCUT2D eigenvalue weighted by Crippen LogP contribution is -2.47. The fraction of sp³-hybridized carbons (Fsp3) is 0.833. The third-order valence-electron chi connectivity index (χ3n) is 3.87. The molecule has 1 saturated heterocycles. The Balaban J connectivity index is 1.82. The zero-order chi connectivity index (χ0) is 13.1. The molecule has 0 bridgehead atoms. The Hall–Kier alpha value is -1.14. The summed E-state index contributed by atoms with van der Waals surface area (Å²) < 4.78 is 0. The van der Waals surface area contributed by atoms with Crippen molar-refractivity contribution >= 4 is 11.9 Å². The first-order valence-electron chi connectivity index (χ1n) is 6.56. The van der Waals surface area contributed by atoms with Crippen molar-refractivity contribution in [3.8, 4) is 0 Å². The number of imide groups is 1. The SMILES string of the molecule is CN(CCN1C(=O)CNC1=O)C1CCCCC1O. The highest BCUT2D eigenvalue weighted by Gasteiger charge is 2.30. The first-order chi connectivity index (χ1) is 8.59. The predicted molar refractivity (Wildman–Crippen MR) is 66.0 cm³/mol. The number of aliphatic hydroxyl groups excluding tert-OH is 1. The molecule has 1 aliphatic carbocycles. The lowest BCUT2D eigenvalue weighted by atomic mass is 9.91. The molecule has 1 aliphatic heterocycles. The van der Waals surface area contributed by atoms with Crippen molar-refractivity contribution in [1.82, 2.24) is 15.1 Å². The van der Waals surface area contributed by atoms with Gasteiger partial charge in [-0.15, -0.1) is 0 Å². The van der Waals surface area contributed by atoms with Gasteiger partial charge in [0.1, 0.15) is 0 Å². The van der Waals surface area contributed by atoms with E-state index >= 15 is 0 Å². The Morgan fingerprint density at radius 2 is 2.11 bits per heavy atom. The van der Waals surface area contributed by atoms with Crippen LogP contribution in [0.2, 0.25) is 0 Å². The van der Waals surface area contributed by atoms with Crippen LogP contribution in [-0.2, 0) is 4.79 Å². The number of carbonyl (C=O) groups excluding carboxylic acids is 2. The summed E-state index contributed by atoms with van der Waals surface area (Å²) in [5.74, 6) is -0.169. The second-order valence-electron chi connectivity index (χ2n) is 5.10. The van der Waals surface area contributed by atoms with Gasteiger partial charge in [-0.3, -0.25) is 14.6 Å². The number of hydrogen-bond acceptors (Lipinski definition) is 4. The maximum Gasteiger partial charge on any atom is 0.324 e. The van der Waals surface area contributed by atoms with Crippen LogP contribution in [0.15, 0.2) is 0 Å². The van der Waals surface area contributed by atoms with Crippen LogP contribution in [0.1, 0.15) is 25.7 Å². The van der Waals surface area contributed by atoms with E-state index in [2.05, 4.69) is 10.2 Å². The van der Waals surface area contributed by atoms with Crippen LogP contribution in [-0.4, -0.2) is 65.7 Å². The van der Waals surface area contributed by atoms with Crippen molar-refractivity contribution in [1.29, 1.82) is 0 Å². The summed E-state index contributed by atoms with van der Waals surface area (Å²) >= 11 is 0. The van der Waals surface area contributed by atoms with Crippen LogP contribution < -0.4 is 5.32 Å². The lowest BCUT2D eigenvalue weighted by molar-refractivity contribution is -0.125. The molecule has 18 heavy (non-hydrogen) atoms. The van der Waals surface area contributed by atoms with E-state index in [0.717, 1.165) is 25.7 Å². The number of urea groups is 1. The van der Waals surface area contributed by atoms with E-state index in [0.29, 0.717) is 13.1 Å². The van der Waals surface area contributed by atoms with Gasteiger partial charge in [-0.2, -0.15) is 0 Å². The maximum absolute atomic E-state index is 11.4. The fourth-order valence-electron chi connectivity index (χ4n) is 2.71. The molecule has 6 nitrogen and oxygen atoms in total. The van der Waals surface area contributed by atoms with Crippen molar-refractivity contribution in [3.63, 3.8) is 0 Å². The highest BCUT2D eigenvalue weighted by Crippen LogP contribution is 2.22. The van der Waals surface area contributed by atoms with Crippen molar-refractivity contribution < 1.29 is 14.7 Å². The number of nitrogens with one attached hydrogen (secondary N) is 1. The molecule has 0 spiro atoms. The van der Waals surface area contributed by atoms with E-state index < -0.39 is 0 Å². The van der Waals surface area contributed by atoms with E-state index in [1.807, 2.05) is 7.05 Å². The van der Waals surface area contributed by atoms with E-state index in [4.69, 9.17) is 0 Å². The van der Waals surface area contributed by atoms with Crippen LogP contribution in [0.25, 0.3) is 0 Å². The first kappa shape index (κ1) is 13.3. The molecule has 0 aromatic rings. The van der Waals surface area contributed by atoms with Gasteiger partial charge in [-0.25, -0.2) is 4.79 Å². The molecule has 2 atom stereocenters. The maximum atomic E-state index is 11.4. The van der Waals surface area contributed by atoms with Gasteiger partial charge in [-0.05, 0) is 19.9 Å². The topological polar surface area (TPSA) is 72.9 Å². The summed E-state index contributed by atoms with van der Waals surface area (Å²) in [5.41, 5.74) is 0. The van der Waals surface area contributed by atoms with E-state index in [1.165, 1.54) is 4.90 Å². The zero-order valence-corrected chi connectivity index (χ0v) is 10.8. The summed E-state index contributed by atoms with van der Waals surface area (Å²) in [4.78, 5) is 26.1. The largest absolute Gasteiger partial charge is 0.391 e. The number of nitrogens with zero attached hydrogens (tertiary/aromatic N) is 2. The van der Waals surface area contributed by atoms with Crippen LogP contribution in [0.3, 0.4) is 0 Å². The van der Waals surface area contributed by atoms with Gasteiger partial charge in [0.15, 0.2) is 0 Å². The minimum absolute atomic E-state index is 0.106. The number of carbonyl (C=O) groups is 2. The molecule has 0 radical (unpaired) electrons. The number of amides is 3. The monoisotopic (exact) mass is 255 g/mol. The van der Waals surface area contributed by atoms with E-state index in [-0.39, 0.29) is 30.6 Å². The van der Waals surface area contributed by atoms with Gasteiger partial charge in [0.05, 0.1) is 12.6 Å². The Morgan fingerprint density at radius 1 is 1.39 bits per heavy atom. The van der Waals surface area contributed by atoms with Crippen LogP contribution in [0.4, 0.5) is 4.79 Å². The second kappa shape index (κ2) is 5.67. The van der Waals surface area contributed by atoms with Gasteiger partial charge in [0.2, 0.25) is 5.91 Å². The fourth-order valence-corrected chi connectivity index (χ4v) is 2.71. The number of aliphatic hydroxyl groups is 1. The summed E-state index contributed by atoms with van der Waals surface area (Å²) in [6.45, 7) is 1.11. The summed E-state index contributed by atoms with van der Waals surface area (Å²) in [7, 11) is 1.94. The average Bonchev–Trinajstić information content (AvgIpc) is 2.67. The molecule has 2 unspecified atom stereocenters. The average molecular weight is 255 g/mol. The van der Waals surface area contributed by atoms with E-state index in [9.17, 15) is 14.7 Å². The molecule has 1 heterocycles. The molecule has 0 aromatic heterocycles. The normalized spacial score (nSPS) is 28.9. The van der Waals surface area contributed by atoms with Crippen molar-refractivity contribution in [2.45, 2.75) is 37.8 Å². The highest BCUT2D eigenvalue weighted by molar-refractivity contribution is 6.01. The highest BCUT2D eigenvalue weighted by atomic mass is 16.3. The molecule has 102 valence electrons. The molecule has 3 amide bonds. The zero-order valence-electron chi connectivity index (χ0n) is 10.8. The van der Waals surface area contributed by atoms with Gasteiger partial charge < -0.3 is 10.4 Å². The van der Waals surface area contributed by atoms with Crippen LogP contribution in [0.5, 0.6) is 0 Å². The molecular formula is C12H21N3O3. The second-order valence-corrected chi connectivity index (χ2v) is 5.10. The molecule has 2 N–H and O–H groups in total. The summed E-state index contributed by atoms with van der Waals surface area (Å²) in [6, 6.07) is -0.155. The number of rotatable bonds is 4. The van der Waals surface area contributed by atoms with Crippen molar-refractivity contribution in [2.75, 3.05) is 26.7 Å². The summed E-state index contributed by atoms with van der Waals surface area (Å²) in [6.07, 6.45) is 3.76.